The van der Waals surface area contributed by atoms with Gasteiger partial charge in [-0.2, -0.15) is 0 Å². The van der Waals surface area contributed by atoms with Gasteiger partial charge in [0.05, 0.1) is 18.2 Å². The molecule has 0 bridgehead atoms. The summed E-state index contributed by atoms with van der Waals surface area (Å²) in [6.07, 6.45) is 2.31. The molecule has 1 heterocycles. The molecule has 0 fully saturated rings. The first kappa shape index (κ1) is 17.4. The molecule has 0 saturated carbocycles. The average molecular weight is 379 g/mol. The van der Waals surface area contributed by atoms with E-state index >= 15 is 0 Å². The zero-order valence-electron chi connectivity index (χ0n) is 13.1. The molecule has 1 amide bonds. The van der Waals surface area contributed by atoms with E-state index in [4.69, 9.17) is 9.47 Å². The van der Waals surface area contributed by atoms with Crippen LogP contribution >= 0.6 is 15.9 Å². The van der Waals surface area contributed by atoms with Crippen molar-refractivity contribution in [3.8, 4) is 11.6 Å². The van der Waals surface area contributed by atoms with Crippen LogP contribution in [0.1, 0.15) is 23.7 Å². The van der Waals surface area contributed by atoms with Gasteiger partial charge < -0.3 is 14.8 Å². The van der Waals surface area contributed by atoms with Gasteiger partial charge >= 0.3 is 0 Å². The molecule has 2 rings (SSSR count). The zero-order valence-corrected chi connectivity index (χ0v) is 14.7. The number of amides is 1. The Morgan fingerprint density at radius 3 is 2.57 bits per heavy atom. The van der Waals surface area contributed by atoms with Crippen LogP contribution in [-0.4, -0.2) is 30.6 Å². The first-order valence-corrected chi connectivity index (χ1v) is 8.11. The SMILES string of the molecule is CCC(COC)NC(=O)c1ccc(Oc2ccc(Br)cc2)nc1. The molecule has 0 radical (unpaired) electrons. The summed E-state index contributed by atoms with van der Waals surface area (Å²) in [6, 6.07) is 10.8. The highest BCUT2D eigenvalue weighted by atomic mass is 79.9. The Kier molecular flexibility index (Phi) is 6.55. The number of ether oxygens (including phenoxy) is 2. The van der Waals surface area contributed by atoms with Crippen LogP contribution < -0.4 is 10.1 Å². The first-order chi connectivity index (χ1) is 11.1. The van der Waals surface area contributed by atoms with E-state index in [-0.39, 0.29) is 11.9 Å². The second-order valence-corrected chi connectivity index (χ2v) is 5.89. The molecule has 0 aliphatic carbocycles. The third-order valence-corrected chi connectivity index (χ3v) is 3.76. The van der Waals surface area contributed by atoms with Crippen LogP contribution in [0.25, 0.3) is 0 Å². The van der Waals surface area contributed by atoms with Gasteiger partial charge in [0.15, 0.2) is 0 Å². The number of carbonyl (C=O) groups is 1. The number of pyridine rings is 1. The standard InChI is InChI=1S/C17H19BrN2O3/c1-3-14(11-22-2)20-17(21)12-4-9-16(19-10-12)23-15-7-5-13(18)6-8-15/h4-10,14H,3,11H2,1-2H3,(H,20,21). The molecule has 1 aromatic carbocycles. The fraction of sp³-hybridized carbons (Fsp3) is 0.294. The Morgan fingerprint density at radius 2 is 2.00 bits per heavy atom. The Bertz CT molecular complexity index is 629. The van der Waals surface area contributed by atoms with Gasteiger partial charge in [-0.15, -0.1) is 0 Å². The van der Waals surface area contributed by atoms with E-state index in [2.05, 4.69) is 26.2 Å². The molecule has 0 aliphatic rings. The van der Waals surface area contributed by atoms with E-state index in [1.54, 1.807) is 19.2 Å². The van der Waals surface area contributed by atoms with E-state index in [0.717, 1.165) is 10.9 Å². The molecule has 0 saturated heterocycles. The van der Waals surface area contributed by atoms with Crippen molar-refractivity contribution in [3.63, 3.8) is 0 Å². The number of aromatic nitrogens is 1. The Labute approximate surface area is 144 Å². The van der Waals surface area contributed by atoms with Crippen LogP contribution in [0.5, 0.6) is 11.6 Å². The minimum atomic E-state index is -0.170. The molecular weight excluding hydrogens is 360 g/mol. The Hall–Kier alpha value is -1.92. The smallest absolute Gasteiger partial charge is 0.253 e. The zero-order chi connectivity index (χ0) is 16.7. The number of benzene rings is 1. The van der Waals surface area contributed by atoms with Gasteiger partial charge in [0, 0.05) is 23.8 Å². The Balaban J connectivity index is 1.98. The number of hydrogen-bond donors (Lipinski definition) is 1. The van der Waals surface area contributed by atoms with Gasteiger partial charge in [-0.1, -0.05) is 22.9 Å². The molecule has 23 heavy (non-hydrogen) atoms. The number of hydrogen-bond acceptors (Lipinski definition) is 4. The van der Waals surface area contributed by atoms with Gasteiger partial charge in [-0.3, -0.25) is 4.79 Å². The number of carbonyl (C=O) groups excluding carboxylic acids is 1. The highest BCUT2D eigenvalue weighted by Gasteiger charge is 2.12. The van der Waals surface area contributed by atoms with Crippen LogP contribution in [0.3, 0.4) is 0 Å². The number of rotatable bonds is 7. The van der Waals surface area contributed by atoms with Crippen LogP contribution in [0, 0.1) is 0 Å². The van der Waals surface area contributed by atoms with Crippen LogP contribution in [0.15, 0.2) is 47.1 Å². The molecule has 6 heteroatoms. The van der Waals surface area contributed by atoms with Crippen LogP contribution in [0.2, 0.25) is 0 Å². The molecule has 0 aliphatic heterocycles. The molecular formula is C17H19BrN2O3. The summed E-state index contributed by atoms with van der Waals surface area (Å²) in [4.78, 5) is 16.3. The molecule has 1 atom stereocenters. The summed E-state index contributed by atoms with van der Waals surface area (Å²) in [5.41, 5.74) is 0.489. The summed E-state index contributed by atoms with van der Waals surface area (Å²) >= 11 is 3.37. The average Bonchev–Trinajstić information content (AvgIpc) is 2.57. The summed E-state index contributed by atoms with van der Waals surface area (Å²) in [7, 11) is 1.62. The van der Waals surface area contributed by atoms with Crippen molar-refractivity contribution >= 4 is 21.8 Å². The summed E-state index contributed by atoms with van der Waals surface area (Å²) < 4.78 is 11.7. The molecule has 1 unspecified atom stereocenters. The number of nitrogens with one attached hydrogen (secondary N) is 1. The van der Waals surface area contributed by atoms with E-state index in [1.165, 1.54) is 6.20 Å². The Morgan fingerprint density at radius 1 is 1.26 bits per heavy atom. The maximum atomic E-state index is 12.1. The maximum absolute atomic E-state index is 12.1. The third kappa shape index (κ3) is 5.33. The maximum Gasteiger partial charge on any atom is 0.253 e. The topological polar surface area (TPSA) is 60.5 Å². The second kappa shape index (κ2) is 8.64. The van der Waals surface area contributed by atoms with Gasteiger partial charge in [0.25, 0.3) is 5.91 Å². The second-order valence-electron chi connectivity index (χ2n) is 4.98. The van der Waals surface area contributed by atoms with Gasteiger partial charge in [-0.25, -0.2) is 4.98 Å². The number of halogens is 1. The largest absolute Gasteiger partial charge is 0.439 e. The predicted octanol–water partition coefficient (Wildman–Crippen LogP) is 3.79. The van der Waals surface area contributed by atoms with Crippen molar-refractivity contribution in [2.75, 3.05) is 13.7 Å². The molecule has 1 aromatic heterocycles. The minimum Gasteiger partial charge on any atom is -0.439 e. The van der Waals surface area contributed by atoms with Crippen LogP contribution in [0.4, 0.5) is 0 Å². The van der Waals surface area contributed by atoms with Crippen molar-refractivity contribution in [1.29, 1.82) is 0 Å². The quantitative estimate of drug-likeness (QED) is 0.795. The van der Waals surface area contributed by atoms with Crippen molar-refractivity contribution in [1.82, 2.24) is 10.3 Å². The normalized spacial score (nSPS) is 11.8. The number of nitrogens with zero attached hydrogens (tertiary/aromatic N) is 1. The lowest BCUT2D eigenvalue weighted by molar-refractivity contribution is 0.0894. The van der Waals surface area contributed by atoms with Gasteiger partial charge in [0.1, 0.15) is 5.75 Å². The highest BCUT2D eigenvalue weighted by Crippen LogP contribution is 2.21. The highest BCUT2D eigenvalue weighted by molar-refractivity contribution is 9.10. The van der Waals surface area contributed by atoms with Gasteiger partial charge in [0.2, 0.25) is 5.88 Å². The lowest BCUT2D eigenvalue weighted by Crippen LogP contribution is -2.37. The summed E-state index contributed by atoms with van der Waals surface area (Å²) in [5, 5.41) is 2.91. The lowest BCUT2D eigenvalue weighted by Gasteiger charge is -2.15. The van der Waals surface area contributed by atoms with E-state index in [9.17, 15) is 4.79 Å². The van der Waals surface area contributed by atoms with Crippen LogP contribution in [-0.2, 0) is 4.74 Å². The predicted molar refractivity (Wildman–Crippen MR) is 91.9 cm³/mol. The molecule has 1 N–H and O–H groups in total. The number of methoxy groups -OCH3 is 1. The first-order valence-electron chi connectivity index (χ1n) is 7.31. The molecule has 122 valence electrons. The summed E-state index contributed by atoms with van der Waals surface area (Å²) in [5.74, 6) is 0.952. The van der Waals surface area contributed by atoms with Crippen molar-refractivity contribution in [3.05, 3.63) is 52.6 Å². The van der Waals surface area contributed by atoms with E-state index in [1.807, 2.05) is 31.2 Å². The lowest BCUT2D eigenvalue weighted by atomic mass is 10.2. The fourth-order valence-corrected chi connectivity index (χ4v) is 2.19. The fourth-order valence-electron chi connectivity index (χ4n) is 1.93. The molecule has 2 aromatic rings. The minimum absolute atomic E-state index is 0.00816. The van der Waals surface area contributed by atoms with Crippen molar-refractivity contribution < 1.29 is 14.3 Å². The van der Waals surface area contributed by atoms with Crippen molar-refractivity contribution in [2.45, 2.75) is 19.4 Å². The van der Waals surface area contributed by atoms with E-state index < -0.39 is 0 Å². The van der Waals surface area contributed by atoms with Gasteiger partial charge in [-0.05, 0) is 36.8 Å². The molecule has 5 nitrogen and oxygen atoms in total. The van der Waals surface area contributed by atoms with E-state index in [0.29, 0.717) is 23.8 Å². The summed E-state index contributed by atoms with van der Waals surface area (Å²) in [6.45, 7) is 2.48. The van der Waals surface area contributed by atoms with Crippen molar-refractivity contribution in [2.24, 2.45) is 0 Å². The molecule has 0 spiro atoms. The monoisotopic (exact) mass is 378 g/mol. The third-order valence-electron chi connectivity index (χ3n) is 3.23.